The van der Waals surface area contributed by atoms with Crippen LogP contribution in [0.15, 0.2) is 0 Å². The lowest BCUT2D eigenvalue weighted by molar-refractivity contribution is 0.370. The first-order valence-electron chi connectivity index (χ1n) is 6.23. The van der Waals surface area contributed by atoms with Gasteiger partial charge < -0.3 is 5.32 Å². The lowest BCUT2D eigenvalue weighted by Gasteiger charge is -2.22. The summed E-state index contributed by atoms with van der Waals surface area (Å²) in [5.74, 6) is 0. The first-order chi connectivity index (χ1) is 6.93. The molecule has 0 aromatic heterocycles. The maximum Gasteiger partial charge on any atom is 0.00670 e. The Morgan fingerprint density at radius 1 is 0.929 bits per heavy atom. The van der Waals surface area contributed by atoms with Gasteiger partial charge in [0.2, 0.25) is 0 Å². The van der Waals surface area contributed by atoms with Crippen molar-refractivity contribution in [2.45, 2.75) is 63.8 Å². The third-order valence-electron chi connectivity index (χ3n) is 3.10. The molecule has 1 nitrogen and oxygen atoms in total. The zero-order valence-corrected chi connectivity index (χ0v) is 10.8. The number of unbranched alkanes of at least 4 members (excludes halogenated alkanes) is 3. The van der Waals surface area contributed by atoms with E-state index < -0.39 is 0 Å². The van der Waals surface area contributed by atoms with Gasteiger partial charge >= 0.3 is 0 Å². The minimum Gasteiger partial charge on any atom is -0.314 e. The highest BCUT2D eigenvalue weighted by Crippen LogP contribution is 2.17. The van der Waals surface area contributed by atoms with Crippen molar-refractivity contribution in [3.8, 4) is 0 Å². The molecule has 0 heterocycles. The number of rotatable bonds is 7. The molecule has 1 fully saturated rings. The van der Waals surface area contributed by atoms with Crippen molar-refractivity contribution in [3.05, 3.63) is 0 Å². The Morgan fingerprint density at radius 3 is 2.36 bits per heavy atom. The van der Waals surface area contributed by atoms with Crippen molar-refractivity contribution in [3.63, 3.8) is 0 Å². The van der Waals surface area contributed by atoms with Crippen LogP contribution < -0.4 is 5.32 Å². The van der Waals surface area contributed by atoms with Crippen LogP contribution in [0.2, 0.25) is 0 Å². The summed E-state index contributed by atoms with van der Waals surface area (Å²) in [6.07, 6.45) is 12.7. The van der Waals surface area contributed by atoms with Gasteiger partial charge in [0, 0.05) is 11.4 Å². The van der Waals surface area contributed by atoms with Crippen LogP contribution in [-0.2, 0) is 0 Å². The molecule has 84 valence electrons. The molecule has 1 rings (SSSR count). The average molecular weight is 262 g/mol. The molecule has 2 heteroatoms. The average Bonchev–Trinajstić information content (AvgIpc) is 2.25. The van der Waals surface area contributed by atoms with Gasteiger partial charge in [-0.2, -0.15) is 0 Å². The van der Waals surface area contributed by atoms with Crippen LogP contribution in [0.4, 0.5) is 0 Å². The normalized spacial score (nSPS) is 18.6. The SMILES string of the molecule is BrCCCCCCNC1CCCCC1. The molecule has 0 spiro atoms. The highest BCUT2D eigenvalue weighted by molar-refractivity contribution is 9.09. The Hall–Kier alpha value is 0.440. The topological polar surface area (TPSA) is 12.0 Å². The predicted molar refractivity (Wildman–Crippen MR) is 67.1 cm³/mol. The van der Waals surface area contributed by atoms with Crippen LogP contribution in [0.5, 0.6) is 0 Å². The summed E-state index contributed by atoms with van der Waals surface area (Å²) in [6.45, 7) is 1.24. The minimum absolute atomic E-state index is 0.847. The van der Waals surface area contributed by atoms with Crippen molar-refractivity contribution in [2.75, 3.05) is 11.9 Å². The highest BCUT2D eigenvalue weighted by Gasteiger charge is 2.11. The first-order valence-corrected chi connectivity index (χ1v) is 7.35. The number of nitrogens with one attached hydrogen (secondary N) is 1. The van der Waals surface area contributed by atoms with Gasteiger partial charge in [-0.1, -0.05) is 48.0 Å². The first kappa shape index (κ1) is 12.5. The second-order valence-electron chi connectivity index (χ2n) is 4.39. The molecular formula is C12H24BrN. The third kappa shape index (κ3) is 6.02. The molecule has 1 aliphatic carbocycles. The summed E-state index contributed by atoms with van der Waals surface area (Å²) in [4.78, 5) is 0. The summed E-state index contributed by atoms with van der Waals surface area (Å²) >= 11 is 3.47. The Bertz CT molecular complexity index is 121. The fourth-order valence-corrected chi connectivity index (χ4v) is 2.58. The molecule has 0 unspecified atom stereocenters. The largest absolute Gasteiger partial charge is 0.314 e. The lowest BCUT2D eigenvalue weighted by atomic mass is 9.95. The van der Waals surface area contributed by atoms with E-state index in [9.17, 15) is 0 Å². The van der Waals surface area contributed by atoms with Gasteiger partial charge in [0.15, 0.2) is 0 Å². The summed E-state index contributed by atoms with van der Waals surface area (Å²) in [6, 6.07) is 0.847. The maximum atomic E-state index is 3.69. The number of halogens is 1. The van der Waals surface area contributed by atoms with Crippen LogP contribution in [0, 0.1) is 0 Å². The summed E-state index contributed by atoms with van der Waals surface area (Å²) in [7, 11) is 0. The van der Waals surface area contributed by atoms with E-state index in [-0.39, 0.29) is 0 Å². The van der Waals surface area contributed by atoms with E-state index in [0.29, 0.717) is 0 Å². The van der Waals surface area contributed by atoms with Crippen LogP contribution >= 0.6 is 15.9 Å². The number of alkyl halides is 1. The quantitative estimate of drug-likeness (QED) is 0.542. The van der Waals surface area contributed by atoms with Crippen molar-refractivity contribution in [1.82, 2.24) is 5.32 Å². The van der Waals surface area contributed by atoms with Gasteiger partial charge in [0.1, 0.15) is 0 Å². The molecule has 0 amide bonds. The molecule has 1 N–H and O–H groups in total. The molecule has 0 saturated heterocycles. The van der Waals surface area contributed by atoms with Crippen LogP contribution in [-0.4, -0.2) is 17.9 Å². The molecule has 0 atom stereocenters. The third-order valence-corrected chi connectivity index (χ3v) is 3.66. The Labute approximate surface area is 97.2 Å². The summed E-state index contributed by atoms with van der Waals surface area (Å²) in [5.41, 5.74) is 0. The van der Waals surface area contributed by atoms with Gasteiger partial charge in [-0.15, -0.1) is 0 Å². The lowest BCUT2D eigenvalue weighted by Crippen LogP contribution is -2.31. The Morgan fingerprint density at radius 2 is 1.64 bits per heavy atom. The minimum atomic E-state index is 0.847. The van der Waals surface area contributed by atoms with Crippen molar-refractivity contribution in [2.24, 2.45) is 0 Å². The van der Waals surface area contributed by atoms with Crippen LogP contribution in [0.1, 0.15) is 57.8 Å². The molecule has 14 heavy (non-hydrogen) atoms. The predicted octanol–water partition coefficient (Wildman–Crippen LogP) is 3.86. The molecule has 0 aromatic rings. The van der Waals surface area contributed by atoms with Gasteiger partial charge in [-0.25, -0.2) is 0 Å². The Balaban J connectivity index is 1.82. The highest BCUT2D eigenvalue weighted by atomic mass is 79.9. The summed E-state index contributed by atoms with van der Waals surface area (Å²) in [5, 5.41) is 4.86. The van der Waals surface area contributed by atoms with E-state index in [2.05, 4.69) is 21.2 Å². The molecule has 0 aliphatic heterocycles. The Kier molecular flexibility index (Phi) is 7.80. The molecule has 1 aliphatic rings. The van der Waals surface area contributed by atoms with E-state index in [1.807, 2.05) is 0 Å². The fourth-order valence-electron chi connectivity index (χ4n) is 2.19. The van der Waals surface area contributed by atoms with Crippen LogP contribution in [0.25, 0.3) is 0 Å². The van der Waals surface area contributed by atoms with E-state index in [1.165, 1.54) is 69.7 Å². The van der Waals surface area contributed by atoms with E-state index in [4.69, 9.17) is 0 Å². The summed E-state index contributed by atoms with van der Waals surface area (Å²) < 4.78 is 0. The van der Waals surface area contributed by atoms with E-state index in [1.54, 1.807) is 0 Å². The van der Waals surface area contributed by atoms with Gasteiger partial charge in [0.25, 0.3) is 0 Å². The molecule has 0 radical (unpaired) electrons. The van der Waals surface area contributed by atoms with Gasteiger partial charge in [0.05, 0.1) is 0 Å². The van der Waals surface area contributed by atoms with Gasteiger partial charge in [-0.3, -0.25) is 0 Å². The second-order valence-corrected chi connectivity index (χ2v) is 5.19. The van der Waals surface area contributed by atoms with Crippen molar-refractivity contribution in [1.29, 1.82) is 0 Å². The second kappa shape index (κ2) is 8.72. The van der Waals surface area contributed by atoms with Crippen LogP contribution in [0.3, 0.4) is 0 Å². The monoisotopic (exact) mass is 261 g/mol. The zero-order valence-electron chi connectivity index (χ0n) is 9.23. The van der Waals surface area contributed by atoms with E-state index >= 15 is 0 Å². The van der Waals surface area contributed by atoms with E-state index in [0.717, 1.165) is 6.04 Å². The van der Waals surface area contributed by atoms with Crippen molar-refractivity contribution < 1.29 is 0 Å². The molecular weight excluding hydrogens is 238 g/mol. The molecule has 0 aromatic carbocycles. The van der Waals surface area contributed by atoms with Crippen molar-refractivity contribution >= 4 is 15.9 Å². The van der Waals surface area contributed by atoms with Gasteiger partial charge in [-0.05, 0) is 32.2 Å². The maximum absolute atomic E-state index is 3.69. The molecule has 1 saturated carbocycles. The number of hydrogen-bond donors (Lipinski definition) is 1. The number of hydrogen-bond acceptors (Lipinski definition) is 1. The standard InChI is InChI=1S/C12H24BrN/c13-10-6-1-2-7-11-14-12-8-4-3-5-9-12/h12,14H,1-11H2. The fraction of sp³-hybridized carbons (Fsp3) is 1.00. The zero-order chi connectivity index (χ0) is 10.1. The smallest absolute Gasteiger partial charge is 0.00670 e. The molecule has 0 bridgehead atoms.